The van der Waals surface area contributed by atoms with Crippen LogP contribution in [0.5, 0.6) is 5.75 Å². The fourth-order valence-corrected chi connectivity index (χ4v) is 1.47. The number of benzene rings is 1. The van der Waals surface area contributed by atoms with E-state index in [1.807, 2.05) is 6.07 Å². The minimum Gasteiger partial charge on any atom is -0.507 e. The van der Waals surface area contributed by atoms with Gasteiger partial charge in [0.1, 0.15) is 5.75 Å². The molecule has 0 bridgehead atoms. The van der Waals surface area contributed by atoms with Crippen molar-refractivity contribution in [1.82, 2.24) is 20.2 Å². The molecular weight excluding hydrogens is 230 g/mol. The van der Waals surface area contributed by atoms with Crippen molar-refractivity contribution in [3.8, 4) is 5.75 Å². The number of hydrogen-bond acceptors (Lipinski definition) is 5. The summed E-state index contributed by atoms with van der Waals surface area (Å²) in [6, 6.07) is 6.99. The summed E-state index contributed by atoms with van der Waals surface area (Å²) < 4.78 is 1.65. The molecule has 0 saturated heterocycles. The number of hydrogen-bond donors (Lipinski definition) is 1. The lowest BCUT2D eigenvalue weighted by molar-refractivity contribution is 0.474. The summed E-state index contributed by atoms with van der Waals surface area (Å²) in [6.07, 6.45) is 3.64. The van der Waals surface area contributed by atoms with Crippen LogP contribution < -0.4 is 0 Å². The fourth-order valence-electron chi connectivity index (χ4n) is 1.47. The highest BCUT2D eigenvalue weighted by Gasteiger charge is 2.03. The molecule has 2 rings (SSSR count). The maximum absolute atomic E-state index is 9.60. The molecule has 0 fully saturated rings. The van der Waals surface area contributed by atoms with Crippen LogP contribution in [0, 0.1) is 0 Å². The first-order chi connectivity index (χ1) is 8.81. The minimum atomic E-state index is 0.189. The Morgan fingerprint density at radius 3 is 3.00 bits per heavy atom. The quantitative estimate of drug-likeness (QED) is 0.816. The van der Waals surface area contributed by atoms with Gasteiger partial charge in [-0.2, -0.15) is 0 Å². The van der Waals surface area contributed by atoms with Gasteiger partial charge in [0, 0.05) is 18.3 Å². The first kappa shape index (κ1) is 12.2. The number of aliphatic imine (C=N–C) groups is 1. The standard InChI is InChI=1S/C12H15N5O/c1-2-3-8-17-12(14-15-16-17)13-9-10-6-4-5-7-11(10)18/h4-7,9,18H,2-3,8H2,1H3. The van der Waals surface area contributed by atoms with Gasteiger partial charge in [0.05, 0.1) is 0 Å². The van der Waals surface area contributed by atoms with E-state index >= 15 is 0 Å². The molecule has 6 heteroatoms. The van der Waals surface area contributed by atoms with Crippen molar-refractivity contribution in [3.05, 3.63) is 29.8 Å². The van der Waals surface area contributed by atoms with E-state index in [2.05, 4.69) is 27.4 Å². The first-order valence-electron chi connectivity index (χ1n) is 5.89. The number of phenols is 1. The summed E-state index contributed by atoms with van der Waals surface area (Å²) in [5.41, 5.74) is 0.641. The number of aromatic nitrogens is 4. The summed E-state index contributed by atoms with van der Waals surface area (Å²) in [6.45, 7) is 2.85. The zero-order valence-electron chi connectivity index (χ0n) is 10.2. The fraction of sp³-hybridized carbons (Fsp3) is 0.333. The third-order valence-electron chi connectivity index (χ3n) is 2.49. The van der Waals surface area contributed by atoms with Crippen LogP contribution in [-0.2, 0) is 6.54 Å². The molecular formula is C12H15N5O. The molecule has 1 aromatic heterocycles. The van der Waals surface area contributed by atoms with Crippen molar-refractivity contribution in [1.29, 1.82) is 0 Å². The van der Waals surface area contributed by atoms with Crippen LogP contribution in [-0.4, -0.2) is 31.5 Å². The lowest BCUT2D eigenvalue weighted by atomic mass is 10.2. The molecule has 2 aromatic rings. The van der Waals surface area contributed by atoms with Crippen molar-refractivity contribution in [2.75, 3.05) is 0 Å². The van der Waals surface area contributed by atoms with Crippen molar-refractivity contribution in [2.24, 2.45) is 4.99 Å². The number of para-hydroxylation sites is 1. The lowest BCUT2D eigenvalue weighted by Gasteiger charge is -1.99. The number of unbranched alkanes of at least 4 members (excludes halogenated alkanes) is 1. The number of rotatable bonds is 5. The lowest BCUT2D eigenvalue weighted by Crippen LogP contribution is -1.99. The topological polar surface area (TPSA) is 76.2 Å². The van der Waals surface area contributed by atoms with Gasteiger partial charge >= 0.3 is 0 Å². The van der Waals surface area contributed by atoms with Gasteiger partial charge in [-0.25, -0.2) is 9.67 Å². The van der Waals surface area contributed by atoms with Crippen LogP contribution in [0.3, 0.4) is 0 Å². The van der Waals surface area contributed by atoms with Crippen LogP contribution >= 0.6 is 0 Å². The Morgan fingerprint density at radius 2 is 2.22 bits per heavy atom. The Bertz CT molecular complexity index is 535. The van der Waals surface area contributed by atoms with Crippen LogP contribution in [0.15, 0.2) is 29.3 Å². The second kappa shape index (κ2) is 5.90. The molecule has 0 aliphatic heterocycles. The zero-order valence-corrected chi connectivity index (χ0v) is 10.2. The van der Waals surface area contributed by atoms with Gasteiger partial charge in [-0.1, -0.05) is 30.6 Å². The number of nitrogens with zero attached hydrogens (tertiary/aromatic N) is 5. The first-order valence-corrected chi connectivity index (χ1v) is 5.89. The van der Waals surface area contributed by atoms with Gasteiger partial charge in [0.25, 0.3) is 5.95 Å². The summed E-state index contributed by atoms with van der Waals surface area (Å²) in [4.78, 5) is 4.19. The Morgan fingerprint density at radius 1 is 1.39 bits per heavy atom. The highest BCUT2D eigenvalue weighted by atomic mass is 16.3. The Labute approximate surface area is 105 Å². The highest BCUT2D eigenvalue weighted by molar-refractivity contribution is 5.84. The SMILES string of the molecule is CCCCn1nnnc1N=Cc1ccccc1O. The average Bonchev–Trinajstić information content (AvgIpc) is 2.83. The Balaban J connectivity index is 2.14. The molecule has 0 radical (unpaired) electrons. The van der Waals surface area contributed by atoms with Crippen LogP contribution in [0.2, 0.25) is 0 Å². The van der Waals surface area contributed by atoms with Crippen LogP contribution in [0.4, 0.5) is 5.95 Å². The van der Waals surface area contributed by atoms with E-state index in [-0.39, 0.29) is 5.75 Å². The summed E-state index contributed by atoms with van der Waals surface area (Å²) in [7, 11) is 0. The van der Waals surface area contributed by atoms with Gasteiger partial charge in [-0.3, -0.25) is 0 Å². The Kier molecular flexibility index (Phi) is 4.01. The van der Waals surface area contributed by atoms with Crippen molar-refractivity contribution < 1.29 is 5.11 Å². The molecule has 18 heavy (non-hydrogen) atoms. The molecule has 1 heterocycles. The monoisotopic (exact) mass is 245 g/mol. The van der Waals surface area contributed by atoms with Crippen LogP contribution in [0.1, 0.15) is 25.3 Å². The van der Waals surface area contributed by atoms with Gasteiger partial charge in [-0.15, -0.1) is 0 Å². The number of aromatic hydroxyl groups is 1. The predicted molar refractivity (Wildman–Crippen MR) is 68.1 cm³/mol. The molecule has 0 spiro atoms. The van der Waals surface area contributed by atoms with E-state index < -0.39 is 0 Å². The third kappa shape index (κ3) is 2.91. The minimum absolute atomic E-state index is 0.189. The average molecular weight is 245 g/mol. The van der Waals surface area contributed by atoms with Gasteiger partial charge in [0.2, 0.25) is 0 Å². The maximum Gasteiger partial charge on any atom is 0.269 e. The Hall–Kier alpha value is -2.24. The van der Waals surface area contributed by atoms with E-state index in [9.17, 15) is 5.11 Å². The number of aryl methyl sites for hydroxylation is 1. The number of tetrazole rings is 1. The van der Waals surface area contributed by atoms with E-state index in [4.69, 9.17) is 0 Å². The van der Waals surface area contributed by atoms with Gasteiger partial charge in [-0.05, 0) is 29.0 Å². The molecule has 1 N–H and O–H groups in total. The molecule has 94 valence electrons. The highest BCUT2D eigenvalue weighted by Crippen LogP contribution is 2.14. The molecule has 0 amide bonds. The summed E-state index contributed by atoms with van der Waals surface area (Å²) >= 11 is 0. The summed E-state index contributed by atoms with van der Waals surface area (Å²) in [5.74, 6) is 0.639. The predicted octanol–water partition coefficient (Wildman–Crippen LogP) is 1.93. The second-order valence-electron chi connectivity index (χ2n) is 3.87. The van der Waals surface area contributed by atoms with E-state index in [0.717, 1.165) is 19.4 Å². The maximum atomic E-state index is 9.60. The second-order valence-corrected chi connectivity index (χ2v) is 3.87. The molecule has 0 aliphatic rings. The van der Waals surface area contributed by atoms with Gasteiger partial charge in [0.15, 0.2) is 0 Å². The number of phenolic OH excluding ortho intramolecular Hbond substituents is 1. The normalized spacial score (nSPS) is 11.2. The van der Waals surface area contributed by atoms with E-state index in [1.54, 1.807) is 29.1 Å². The molecule has 1 aromatic carbocycles. The van der Waals surface area contributed by atoms with Gasteiger partial charge < -0.3 is 5.11 Å². The van der Waals surface area contributed by atoms with E-state index in [1.165, 1.54) is 0 Å². The van der Waals surface area contributed by atoms with Crippen molar-refractivity contribution >= 4 is 12.2 Å². The third-order valence-corrected chi connectivity index (χ3v) is 2.49. The van der Waals surface area contributed by atoms with Crippen molar-refractivity contribution in [3.63, 3.8) is 0 Å². The van der Waals surface area contributed by atoms with E-state index in [0.29, 0.717) is 11.5 Å². The zero-order chi connectivity index (χ0) is 12.8. The molecule has 0 unspecified atom stereocenters. The molecule has 6 nitrogen and oxygen atoms in total. The van der Waals surface area contributed by atoms with Crippen molar-refractivity contribution in [2.45, 2.75) is 26.3 Å². The summed E-state index contributed by atoms with van der Waals surface area (Å²) in [5, 5.41) is 20.9. The van der Waals surface area contributed by atoms with Crippen LogP contribution in [0.25, 0.3) is 0 Å². The molecule has 0 aliphatic carbocycles. The molecule has 0 atom stereocenters. The molecule has 0 saturated carbocycles. The smallest absolute Gasteiger partial charge is 0.269 e. The largest absolute Gasteiger partial charge is 0.507 e.